The van der Waals surface area contributed by atoms with Gasteiger partial charge in [-0.25, -0.2) is 4.79 Å². The fourth-order valence-electron chi connectivity index (χ4n) is 8.92. The van der Waals surface area contributed by atoms with Gasteiger partial charge in [-0.1, -0.05) is 65.5 Å². The number of allylic oxidation sites excluding steroid dienone is 1. The van der Waals surface area contributed by atoms with Crippen molar-refractivity contribution in [1.29, 1.82) is 0 Å². The molecule has 3 saturated carbocycles. The summed E-state index contributed by atoms with van der Waals surface area (Å²) >= 11 is 0. The third-order valence-corrected chi connectivity index (χ3v) is 10.6. The van der Waals surface area contributed by atoms with E-state index >= 15 is 0 Å². The Morgan fingerprint density at radius 3 is 2.59 bits per heavy atom. The Morgan fingerprint density at radius 1 is 1.09 bits per heavy atom. The van der Waals surface area contributed by atoms with Crippen molar-refractivity contribution in [2.24, 2.45) is 52.2 Å². The minimum Gasteiger partial charge on any atom is -0.429 e. The van der Waals surface area contributed by atoms with Crippen molar-refractivity contribution in [3.63, 3.8) is 0 Å². The summed E-state index contributed by atoms with van der Waals surface area (Å²) in [6, 6.07) is 0. The molecule has 182 valence electrons. The first-order valence-electron chi connectivity index (χ1n) is 13.5. The molecule has 3 fully saturated rings. The SMILES string of the molecule is CC(C)CCC[C@@H](C)[C@H]1CC[C@H]2[C@@H]3CC=C4C[C@@H](OC(=O)ON)CC[C@]4(C)[C@H]3CC[C@]12C. The molecule has 0 saturated heterocycles. The highest BCUT2D eigenvalue weighted by Gasteiger charge is 2.59. The van der Waals surface area contributed by atoms with Crippen LogP contribution < -0.4 is 5.90 Å². The molecule has 0 aromatic heterocycles. The molecule has 0 amide bonds. The van der Waals surface area contributed by atoms with Gasteiger partial charge < -0.3 is 9.57 Å². The first kappa shape index (κ1) is 24.1. The first-order valence-corrected chi connectivity index (χ1v) is 13.5. The molecule has 4 aliphatic carbocycles. The van der Waals surface area contributed by atoms with Crippen LogP contribution in [0.25, 0.3) is 0 Å². The smallest absolute Gasteiger partial charge is 0.429 e. The van der Waals surface area contributed by atoms with Crippen molar-refractivity contribution in [3.8, 4) is 0 Å². The van der Waals surface area contributed by atoms with Gasteiger partial charge in [-0.15, -0.1) is 0 Å². The summed E-state index contributed by atoms with van der Waals surface area (Å²) in [6.07, 6.45) is 15.6. The van der Waals surface area contributed by atoms with E-state index in [9.17, 15) is 4.79 Å². The van der Waals surface area contributed by atoms with Crippen LogP contribution in [-0.4, -0.2) is 12.3 Å². The monoisotopic (exact) mass is 445 g/mol. The normalized spacial score (nSPS) is 41.8. The van der Waals surface area contributed by atoms with Crippen LogP contribution in [0.1, 0.15) is 105 Å². The Bertz CT molecular complexity index is 717. The second-order valence-corrected chi connectivity index (χ2v) is 12.6. The van der Waals surface area contributed by atoms with Gasteiger partial charge in [0.05, 0.1) is 0 Å². The third kappa shape index (κ3) is 4.26. The van der Waals surface area contributed by atoms with Crippen LogP contribution in [-0.2, 0) is 9.57 Å². The molecular formula is C28H47NO3. The van der Waals surface area contributed by atoms with Gasteiger partial charge in [-0.3, -0.25) is 0 Å². The van der Waals surface area contributed by atoms with Crippen LogP contribution in [0.15, 0.2) is 11.6 Å². The maximum atomic E-state index is 11.5. The van der Waals surface area contributed by atoms with Crippen molar-refractivity contribution in [2.75, 3.05) is 0 Å². The summed E-state index contributed by atoms with van der Waals surface area (Å²) in [5, 5.41) is 0. The van der Waals surface area contributed by atoms with Crippen molar-refractivity contribution in [3.05, 3.63) is 11.6 Å². The third-order valence-electron chi connectivity index (χ3n) is 10.6. The summed E-state index contributed by atoms with van der Waals surface area (Å²) in [5.74, 6) is 10.1. The second kappa shape index (κ2) is 9.31. The summed E-state index contributed by atoms with van der Waals surface area (Å²) < 4.78 is 5.42. The molecule has 32 heavy (non-hydrogen) atoms. The van der Waals surface area contributed by atoms with Crippen LogP contribution in [0.2, 0.25) is 0 Å². The highest BCUT2D eigenvalue weighted by molar-refractivity contribution is 5.59. The van der Waals surface area contributed by atoms with Crippen molar-refractivity contribution in [1.82, 2.24) is 0 Å². The van der Waals surface area contributed by atoms with Gasteiger partial charge in [0.15, 0.2) is 0 Å². The highest BCUT2D eigenvalue weighted by Crippen LogP contribution is 2.67. The Morgan fingerprint density at radius 2 is 1.88 bits per heavy atom. The van der Waals surface area contributed by atoms with Crippen LogP contribution >= 0.6 is 0 Å². The molecule has 2 N–H and O–H groups in total. The molecular weight excluding hydrogens is 398 g/mol. The fourth-order valence-corrected chi connectivity index (χ4v) is 8.92. The topological polar surface area (TPSA) is 61.5 Å². The van der Waals surface area contributed by atoms with Crippen LogP contribution in [0.5, 0.6) is 0 Å². The lowest BCUT2D eigenvalue weighted by Crippen LogP contribution is -2.51. The van der Waals surface area contributed by atoms with E-state index in [1.807, 2.05) is 0 Å². The van der Waals surface area contributed by atoms with Crippen molar-refractivity contribution in [2.45, 2.75) is 111 Å². The lowest BCUT2D eigenvalue weighted by atomic mass is 9.47. The van der Waals surface area contributed by atoms with Gasteiger partial charge in [0.1, 0.15) is 6.10 Å². The van der Waals surface area contributed by atoms with E-state index in [0.717, 1.165) is 54.8 Å². The molecule has 0 spiro atoms. The Labute approximate surface area is 196 Å². The second-order valence-electron chi connectivity index (χ2n) is 12.6. The van der Waals surface area contributed by atoms with Gasteiger partial charge in [0.2, 0.25) is 0 Å². The van der Waals surface area contributed by atoms with Crippen LogP contribution in [0.3, 0.4) is 0 Å². The molecule has 8 atom stereocenters. The Balaban J connectivity index is 1.45. The lowest BCUT2D eigenvalue weighted by Gasteiger charge is -2.58. The number of carbonyl (C=O) groups is 1. The average molecular weight is 446 g/mol. The number of hydrogen-bond donors (Lipinski definition) is 1. The molecule has 0 aromatic carbocycles. The molecule has 0 bridgehead atoms. The van der Waals surface area contributed by atoms with Crippen LogP contribution in [0.4, 0.5) is 4.79 Å². The maximum Gasteiger partial charge on any atom is 0.527 e. The van der Waals surface area contributed by atoms with E-state index in [1.165, 1.54) is 56.9 Å². The fraction of sp³-hybridized carbons (Fsp3) is 0.893. The standard InChI is InChI=1S/C28H47NO3/c1-18(2)7-6-8-19(3)23-11-12-24-22-10-9-20-17-21(31-26(30)32-29)13-15-27(20,4)25(22)14-16-28(23,24)5/h9,18-19,21-25H,6-8,10-17,29H2,1-5H3/t19-,21+,22+,23-,24+,25+,27+,28-/m1/s1. The molecule has 0 unspecified atom stereocenters. The lowest BCUT2D eigenvalue weighted by molar-refractivity contribution is -0.0617. The highest BCUT2D eigenvalue weighted by atomic mass is 16.8. The molecule has 0 radical (unpaired) electrons. The zero-order valence-electron chi connectivity index (χ0n) is 21.2. The van der Waals surface area contributed by atoms with Gasteiger partial charge in [0.25, 0.3) is 0 Å². The van der Waals surface area contributed by atoms with E-state index in [0.29, 0.717) is 5.41 Å². The van der Waals surface area contributed by atoms with E-state index in [4.69, 9.17) is 10.6 Å². The Kier molecular flexibility index (Phi) is 7.02. The Hall–Kier alpha value is -1.03. The molecule has 4 heteroatoms. The zero-order valence-corrected chi connectivity index (χ0v) is 21.2. The number of fused-ring (bicyclic) bond motifs is 5. The van der Waals surface area contributed by atoms with Gasteiger partial charge in [0, 0.05) is 6.42 Å². The van der Waals surface area contributed by atoms with Gasteiger partial charge in [-0.2, -0.15) is 5.90 Å². The first-order chi connectivity index (χ1) is 15.2. The van der Waals surface area contributed by atoms with E-state index in [2.05, 4.69) is 45.5 Å². The molecule has 0 aromatic rings. The number of hydrogen-bond acceptors (Lipinski definition) is 4. The summed E-state index contributed by atoms with van der Waals surface area (Å²) in [4.78, 5) is 15.7. The molecule has 4 aliphatic rings. The van der Waals surface area contributed by atoms with Crippen molar-refractivity contribution >= 4 is 6.16 Å². The molecule has 4 nitrogen and oxygen atoms in total. The summed E-state index contributed by atoms with van der Waals surface area (Å²) in [7, 11) is 0. The van der Waals surface area contributed by atoms with Gasteiger partial charge >= 0.3 is 6.16 Å². The van der Waals surface area contributed by atoms with Gasteiger partial charge in [-0.05, 0) is 91.3 Å². The number of rotatable bonds is 6. The molecule has 0 aliphatic heterocycles. The largest absolute Gasteiger partial charge is 0.527 e. The predicted molar refractivity (Wildman–Crippen MR) is 129 cm³/mol. The van der Waals surface area contributed by atoms with E-state index < -0.39 is 6.16 Å². The van der Waals surface area contributed by atoms with E-state index in [1.54, 1.807) is 0 Å². The molecule has 4 rings (SSSR count). The summed E-state index contributed by atoms with van der Waals surface area (Å²) in [5.41, 5.74) is 2.34. The number of ether oxygens (including phenoxy) is 1. The zero-order chi connectivity index (χ0) is 23.1. The van der Waals surface area contributed by atoms with Crippen LogP contribution in [0, 0.1) is 46.3 Å². The number of carbonyl (C=O) groups excluding carboxylic acids is 1. The average Bonchev–Trinajstić information content (AvgIpc) is 3.11. The molecule has 0 heterocycles. The van der Waals surface area contributed by atoms with E-state index in [-0.39, 0.29) is 11.5 Å². The van der Waals surface area contributed by atoms with Crippen molar-refractivity contribution < 1.29 is 14.4 Å². The number of nitrogens with two attached hydrogens (primary N) is 1. The minimum absolute atomic E-state index is 0.0849. The maximum absolute atomic E-state index is 11.5. The minimum atomic E-state index is -0.749. The summed E-state index contributed by atoms with van der Waals surface area (Å²) in [6.45, 7) is 12.4. The quantitative estimate of drug-likeness (QED) is 0.262. The predicted octanol–water partition coefficient (Wildman–Crippen LogP) is 7.42.